The summed E-state index contributed by atoms with van der Waals surface area (Å²) in [6.07, 6.45) is 3.03. The number of nitrogens with one attached hydrogen (secondary N) is 2. The van der Waals surface area contributed by atoms with Crippen LogP contribution in [0.15, 0.2) is 78.2 Å². The summed E-state index contributed by atoms with van der Waals surface area (Å²) in [4.78, 5) is 24.9. The van der Waals surface area contributed by atoms with Crippen molar-refractivity contribution in [2.24, 2.45) is 7.05 Å². The monoisotopic (exact) mass is 453 g/mol. The van der Waals surface area contributed by atoms with E-state index in [1.54, 1.807) is 23.9 Å². The number of pyridine rings is 1. The zero-order chi connectivity index (χ0) is 24.4. The van der Waals surface area contributed by atoms with Crippen molar-refractivity contribution in [3.8, 4) is 22.6 Å². The highest BCUT2D eigenvalue weighted by molar-refractivity contribution is 6.02. The SMILES string of the molecule is C=CC(=O)Nc1ccc(Oc2c(C)cccc2C)c(-c2cn(C)c(=O)c3cc(NC)ccc23)c1. The highest BCUT2D eigenvalue weighted by Crippen LogP contribution is 2.40. The molecule has 172 valence electrons. The maximum absolute atomic E-state index is 12.9. The summed E-state index contributed by atoms with van der Waals surface area (Å²) in [5, 5.41) is 7.29. The fraction of sp³-hybridized carbons (Fsp3) is 0.143. The molecule has 0 saturated carbocycles. The molecule has 4 aromatic rings. The molecule has 0 radical (unpaired) electrons. The Bertz CT molecular complexity index is 1460. The van der Waals surface area contributed by atoms with E-state index in [9.17, 15) is 9.59 Å². The molecule has 0 spiro atoms. The second-order valence-electron chi connectivity index (χ2n) is 8.20. The van der Waals surface area contributed by atoms with Crippen molar-refractivity contribution in [3.05, 3.63) is 94.9 Å². The lowest BCUT2D eigenvalue weighted by molar-refractivity contribution is -0.111. The number of aryl methyl sites for hydroxylation is 3. The third-order valence-electron chi connectivity index (χ3n) is 5.82. The molecule has 34 heavy (non-hydrogen) atoms. The second kappa shape index (κ2) is 9.27. The topological polar surface area (TPSA) is 72.4 Å². The number of fused-ring (bicyclic) bond motifs is 1. The Balaban J connectivity index is 1.98. The van der Waals surface area contributed by atoms with E-state index in [0.29, 0.717) is 16.8 Å². The first-order valence-corrected chi connectivity index (χ1v) is 11.0. The van der Waals surface area contributed by atoms with Crippen LogP contribution in [0.3, 0.4) is 0 Å². The molecule has 0 aliphatic heterocycles. The number of amides is 1. The molecule has 0 unspecified atom stereocenters. The molecule has 0 aliphatic rings. The van der Waals surface area contributed by atoms with Gasteiger partial charge in [-0.2, -0.15) is 0 Å². The molecule has 0 saturated heterocycles. The van der Waals surface area contributed by atoms with Gasteiger partial charge in [-0.1, -0.05) is 30.8 Å². The smallest absolute Gasteiger partial charge is 0.258 e. The van der Waals surface area contributed by atoms with Gasteiger partial charge in [-0.25, -0.2) is 0 Å². The van der Waals surface area contributed by atoms with Gasteiger partial charge in [0.05, 0.1) is 0 Å². The third kappa shape index (κ3) is 4.30. The van der Waals surface area contributed by atoms with Crippen molar-refractivity contribution in [2.75, 3.05) is 17.7 Å². The Kier molecular flexibility index (Phi) is 6.23. The predicted molar refractivity (Wildman–Crippen MR) is 139 cm³/mol. The molecule has 1 amide bonds. The fourth-order valence-corrected chi connectivity index (χ4v) is 4.01. The molecule has 4 rings (SSSR count). The number of ether oxygens (including phenoxy) is 1. The summed E-state index contributed by atoms with van der Waals surface area (Å²) in [6.45, 7) is 7.53. The largest absolute Gasteiger partial charge is 0.456 e. The molecule has 0 bridgehead atoms. The van der Waals surface area contributed by atoms with E-state index < -0.39 is 0 Å². The van der Waals surface area contributed by atoms with Gasteiger partial charge in [-0.15, -0.1) is 0 Å². The van der Waals surface area contributed by atoms with E-state index in [1.807, 2.05) is 69.4 Å². The number of aromatic nitrogens is 1. The maximum Gasteiger partial charge on any atom is 0.258 e. The van der Waals surface area contributed by atoms with Crippen LogP contribution in [0.25, 0.3) is 21.9 Å². The Morgan fingerprint density at radius 3 is 2.35 bits per heavy atom. The van der Waals surface area contributed by atoms with Gasteiger partial charge in [0.15, 0.2) is 0 Å². The van der Waals surface area contributed by atoms with Crippen molar-refractivity contribution in [1.29, 1.82) is 0 Å². The Hall–Kier alpha value is -4.32. The molecule has 2 N–H and O–H groups in total. The molecule has 6 nitrogen and oxygen atoms in total. The van der Waals surface area contributed by atoms with Gasteiger partial charge in [-0.05, 0) is 66.8 Å². The summed E-state index contributed by atoms with van der Waals surface area (Å²) in [7, 11) is 3.55. The summed E-state index contributed by atoms with van der Waals surface area (Å²) in [5.74, 6) is 1.09. The predicted octanol–water partition coefficient (Wildman–Crippen LogP) is 5.78. The minimum atomic E-state index is -0.307. The first kappa shape index (κ1) is 22.9. The van der Waals surface area contributed by atoms with E-state index >= 15 is 0 Å². The first-order valence-electron chi connectivity index (χ1n) is 11.0. The third-order valence-corrected chi connectivity index (χ3v) is 5.82. The average Bonchev–Trinajstić information content (AvgIpc) is 2.84. The van der Waals surface area contributed by atoms with Gasteiger partial charge in [-0.3, -0.25) is 9.59 Å². The van der Waals surface area contributed by atoms with Crippen LogP contribution in [0.5, 0.6) is 11.5 Å². The van der Waals surface area contributed by atoms with Crippen LogP contribution < -0.4 is 20.9 Å². The van der Waals surface area contributed by atoms with Crippen LogP contribution in [0, 0.1) is 13.8 Å². The molecule has 0 aliphatic carbocycles. The molecular formula is C28H27N3O3. The molecule has 1 heterocycles. The number of carbonyl (C=O) groups is 1. The van der Waals surface area contributed by atoms with E-state index in [0.717, 1.165) is 39.1 Å². The van der Waals surface area contributed by atoms with Crippen LogP contribution in [0.2, 0.25) is 0 Å². The normalized spacial score (nSPS) is 10.7. The number of hydrogen-bond donors (Lipinski definition) is 2. The van der Waals surface area contributed by atoms with E-state index in [2.05, 4.69) is 17.2 Å². The van der Waals surface area contributed by atoms with Crippen LogP contribution in [-0.4, -0.2) is 17.5 Å². The summed E-state index contributed by atoms with van der Waals surface area (Å²) in [6, 6.07) is 17.2. The Morgan fingerprint density at radius 1 is 0.971 bits per heavy atom. The van der Waals surface area contributed by atoms with Crippen molar-refractivity contribution >= 4 is 28.1 Å². The Morgan fingerprint density at radius 2 is 1.68 bits per heavy atom. The van der Waals surface area contributed by atoms with Gasteiger partial charge in [0.2, 0.25) is 5.91 Å². The zero-order valence-electron chi connectivity index (χ0n) is 19.7. The van der Waals surface area contributed by atoms with Crippen LogP contribution >= 0.6 is 0 Å². The summed E-state index contributed by atoms with van der Waals surface area (Å²) < 4.78 is 8.01. The number of hydrogen-bond acceptors (Lipinski definition) is 4. The lowest BCUT2D eigenvalue weighted by atomic mass is 9.98. The minimum absolute atomic E-state index is 0.0934. The van der Waals surface area contributed by atoms with Crippen LogP contribution in [-0.2, 0) is 11.8 Å². The van der Waals surface area contributed by atoms with Crippen LogP contribution in [0.4, 0.5) is 11.4 Å². The second-order valence-corrected chi connectivity index (χ2v) is 8.20. The van der Waals surface area contributed by atoms with Gasteiger partial charge in [0.1, 0.15) is 11.5 Å². The molecule has 6 heteroatoms. The standard InChI is InChI=1S/C28H27N3O3/c1-6-26(32)30-20-11-13-25(34-27-17(2)8-7-9-18(27)3)22(15-20)24-16-31(5)28(33)23-14-19(29-4)10-12-21(23)24/h6-16,29H,1H2,2-5H3,(H,30,32). The number of para-hydroxylation sites is 1. The van der Waals surface area contributed by atoms with Gasteiger partial charge in [0, 0.05) is 48.2 Å². The van der Waals surface area contributed by atoms with Crippen molar-refractivity contribution < 1.29 is 9.53 Å². The van der Waals surface area contributed by atoms with Gasteiger partial charge < -0.3 is 19.9 Å². The maximum atomic E-state index is 12.9. The lowest BCUT2D eigenvalue weighted by Crippen LogP contribution is -2.17. The van der Waals surface area contributed by atoms with Gasteiger partial charge in [0.25, 0.3) is 5.56 Å². The van der Waals surface area contributed by atoms with E-state index in [-0.39, 0.29) is 11.5 Å². The highest BCUT2D eigenvalue weighted by Gasteiger charge is 2.17. The number of rotatable bonds is 6. The highest BCUT2D eigenvalue weighted by atomic mass is 16.5. The van der Waals surface area contributed by atoms with E-state index in [4.69, 9.17) is 4.74 Å². The van der Waals surface area contributed by atoms with Crippen molar-refractivity contribution in [2.45, 2.75) is 13.8 Å². The van der Waals surface area contributed by atoms with Crippen molar-refractivity contribution in [3.63, 3.8) is 0 Å². The molecule has 0 fully saturated rings. The average molecular weight is 454 g/mol. The zero-order valence-corrected chi connectivity index (χ0v) is 19.7. The molecular weight excluding hydrogens is 426 g/mol. The fourth-order valence-electron chi connectivity index (χ4n) is 4.01. The Labute approximate surface area is 198 Å². The van der Waals surface area contributed by atoms with E-state index in [1.165, 1.54) is 6.08 Å². The summed E-state index contributed by atoms with van der Waals surface area (Å²) >= 11 is 0. The number of carbonyl (C=O) groups excluding carboxylic acids is 1. The molecule has 1 aromatic heterocycles. The first-order chi connectivity index (χ1) is 16.3. The number of benzene rings is 3. The van der Waals surface area contributed by atoms with Gasteiger partial charge >= 0.3 is 0 Å². The molecule has 0 atom stereocenters. The van der Waals surface area contributed by atoms with Crippen molar-refractivity contribution in [1.82, 2.24) is 4.57 Å². The molecule has 3 aromatic carbocycles. The number of anilines is 2. The lowest BCUT2D eigenvalue weighted by Gasteiger charge is -2.18. The minimum Gasteiger partial charge on any atom is -0.456 e. The summed E-state index contributed by atoms with van der Waals surface area (Å²) in [5.41, 5.74) is 4.95. The van der Waals surface area contributed by atoms with Crippen LogP contribution in [0.1, 0.15) is 11.1 Å². The quantitative estimate of drug-likeness (QED) is 0.363. The number of nitrogens with zero attached hydrogens (tertiary/aromatic N) is 1.